The van der Waals surface area contributed by atoms with Gasteiger partial charge in [-0.2, -0.15) is 5.26 Å². The quantitative estimate of drug-likeness (QED) is 0.260. The Kier molecular flexibility index (Phi) is 7.29. The second kappa shape index (κ2) is 9.26. The molecule has 0 aliphatic rings. The minimum atomic E-state index is -0.558. The van der Waals surface area contributed by atoms with E-state index in [0.29, 0.717) is 26.2 Å². The van der Waals surface area contributed by atoms with Crippen LogP contribution in [0, 0.1) is 21.4 Å². The van der Waals surface area contributed by atoms with Crippen molar-refractivity contribution < 1.29 is 14.5 Å². The van der Waals surface area contributed by atoms with Gasteiger partial charge in [-0.25, -0.2) is 0 Å². The zero-order valence-electron chi connectivity index (χ0n) is 12.2. The molecule has 1 rings (SSSR count). The molecule has 1 aromatic carbocycles. The van der Waals surface area contributed by atoms with E-state index in [9.17, 15) is 14.9 Å². The summed E-state index contributed by atoms with van der Waals surface area (Å²) in [5.74, 6) is -0.558. The second-order valence-corrected chi connectivity index (χ2v) is 4.29. The summed E-state index contributed by atoms with van der Waals surface area (Å²) < 4.78 is 5.13. The smallest absolute Gasteiger partial charge is 0.276 e. The number of amides is 1. The SMILES string of the molecule is CCOCCCNC(=O)/C(C#N)=C/c1ccccc1[N+](=O)[O-]. The average molecular weight is 303 g/mol. The molecule has 0 saturated heterocycles. The number of rotatable bonds is 8. The van der Waals surface area contributed by atoms with Gasteiger partial charge in [0.2, 0.25) is 0 Å². The van der Waals surface area contributed by atoms with Crippen LogP contribution in [0.4, 0.5) is 5.69 Å². The molecular formula is C15H17N3O4. The average Bonchev–Trinajstić information content (AvgIpc) is 2.52. The highest BCUT2D eigenvalue weighted by Crippen LogP contribution is 2.20. The van der Waals surface area contributed by atoms with E-state index in [0.717, 1.165) is 0 Å². The van der Waals surface area contributed by atoms with Crippen molar-refractivity contribution in [1.82, 2.24) is 5.32 Å². The Labute approximate surface area is 128 Å². The monoisotopic (exact) mass is 303 g/mol. The molecule has 22 heavy (non-hydrogen) atoms. The van der Waals surface area contributed by atoms with E-state index >= 15 is 0 Å². The zero-order chi connectivity index (χ0) is 16.4. The third kappa shape index (κ3) is 5.34. The van der Waals surface area contributed by atoms with E-state index in [2.05, 4.69) is 5.32 Å². The first-order valence-electron chi connectivity index (χ1n) is 6.81. The number of nitriles is 1. The maximum atomic E-state index is 11.9. The number of nitrogens with one attached hydrogen (secondary N) is 1. The van der Waals surface area contributed by atoms with E-state index in [-0.39, 0.29) is 16.8 Å². The van der Waals surface area contributed by atoms with Gasteiger partial charge in [-0.15, -0.1) is 0 Å². The third-order valence-electron chi connectivity index (χ3n) is 2.75. The van der Waals surface area contributed by atoms with E-state index in [1.165, 1.54) is 24.3 Å². The molecule has 0 aliphatic carbocycles. The number of nitro groups is 1. The van der Waals surface area contributed by atoms with Gasteiger partial charge in [0.05, 0.1) is 10.5 Å². The van der Waals surface area contributed by atoms with Crippen LogP contribution < -0.4 is 5.32 Å². The minimum Gasteiger partial charge on any atom is -0.382 e. The number of hydrogen-bond acceptors (Lipinski definition) is 5. The normalized spacial score (nSPS) is 10.8. The largest absolute Gasteiger partial charge is 0.382 e. The molecule has 0 atom stereocenters. The lowest BCUT2D eigenvalue weighted by molar-refractivity contribution is -0.385. The van der Waals surface area contributed by atoms with Crippen molar-refractivity contribution >= 4 is 17.7 Å². The molecule has 0 bridgehead atoms. The molecule has 116 valence electrons. The maximum absolute atomic E-state index is 11.9. The number of carbonyl (C=O) groups excluding carboxylic acids is 1. The lowest BCUT2D eigenvalue weighted by Crippen LogP contribution is -2.26. The Morgan fingerprint density at radius 2 is 2.23 bits per heavy atom. The van der Waals surface area contributed by atoms with Crippen LogP contribution in [0.3, 0.4) is 0 Å². The zero-order valence-corrected chi connectivity index (χ0v) is 12.2. The van der Waals surface area contributed by atoms with Gasteiger partial charge in [-0.1, -0.05) is 12.1 Å². The molecule has 1 aromatic rings. The Hall–Kier alpha value is -2.72. The van der Waals surface area contributed by atoms with Crippen LogP contribution in [0.5, 0.6) is 0 Å². The van der Waals surface area contributed by atoms with E-state index in [1.54, 1.807) is 12.1 Å². The molecule has 0 unspecified atom stereocenters. The van der Waals surface area contributed by atoms with Gasteiger partial charge in [0.25, 0.3) is 11.6 Å². The molecule has 1 amide bonds. The molecule has 1 N–H and O–H groups in total. The fourth-order valence-corrected chi connectivity index (χ4v) is 1.70. The van der Waals surface area contributed by atoms with Crippen LogP contribution in [0.25, 0.3) is 6.08 Å². The standard InChI is InChI=1S/C15H17N3O4/c1-2-22-9-5-8-17-15(19)13(11-16)10-12-6-3-4-7-14(12)18(20)21/h3-4,6-7,10H,2,5,8-9H2,1H3,(H,17,19)/b13-10+. The van der Waals surface area contributed by atoms with Crippen LogP contribution in [0.15, 0.2) is 29.8 Å². The van der Waals surface area contributed by atoms with Crippen LogP contribution in [0.1, 0.15) is 18.9 Å². The van der Waals surface area contributed by atoms with Crippen molar-refractivity contribution in [2.45, 2.75) is 13.3 Å². The van der Waals surface area contributed by atoms with E-state index in [4.69, 9.17) is 10.00 Å². The van der Waals surface area contributed by atoms with E-state index in [1.807, 2.05) is 6.92 Å². The summed E-state index contributed by atoms with van der Waals surface area (Å²) in [4.78, 5) is 22.2. The topological polar surface area (TPSA) is 105 Å². The summed E-state index contributed by atoms with van der Waals surface area (Å²) in [6, 6.07) is 7.70. The van der Waals surface area contributed by atoms with Crippen molar-refractivity contribution in [3.05, 3.63) is 45.5 Å². The number of nitrogens with zero attached hydrogens (tertiary/aromatic N) is 2. The van der Waals surface area contributed by atoms with Crippen molar-refractivity contribution in [3.63, 3.8) is 0 Å². The molecule has 0 heterocycles. The van der Waals surface area contributed by atoms with Gasteiger partial charge in [0.1, 0.15) is 11.6 Å². The summed E-state index contributed by atoms with van der Waals surface area (Å²) in [6.07, 6.45) is 1.85. The Balaban J connectivity index is 2.77. The molecule has 0 radical (unpaired) electrons. The molecule has 0 saturated carbocycles. The highest BCUT2D eigenvalue weighted by molar-refractivity contribution is 6.02. The van der Waals surface area contributed by atoms with Gasteiger partial charge < -0.3 is 10.1 Å². The highest BCUT2D eigenvalue weighted by Gasteiger charge is 2.14. The van der Waals surface area contributed by atoms with Gasteiger partial charge in [0.15, 0.2) is 0 Å². The Morgan fingerprint density at radius 1 is 1.50 bits per heavy atom. The molecule has 0 aromatic heterocycles. The van der Waals surface area contributed by atoms with Crippen molar-refractivity contribution in [3.8, 4) is 6.07 Å². The number of nitro benzene ring substituents is 1. The first-order chi connectivity index (χ1) is 10.6. The first kappa shape index (κ1) is 17.3. The lowest BCUT2D eigenvalue weighted by Gasteiger charge is -2.04. The number of hydrogen-bond donors (Lipinski definition) is 1. The van der Waals surface area contributed by atoms with Crippen LogP contribution >= 0.6 is 0 Å². The molecule has 0 fully saturated rings. The molecule has 0 aliphatic heterocycles. The summed E-state index contributed by atoms with van der Waals surface area (Å²) >= 11 is 0. The number of benzene rings is 1. The summed E-state index contributed by atoms with van der Waals surface area (Å²) in [6.45, 7) is 3.37. The molecule has 7 heteroatoms. The first-order valence-corrected chi connectivity index (χ1v) is 6.81. The van der Waals surface area contributed by atoms with Crippen molar-refractivity contribution in [2.24, 2.45) is 0 Å². The summed E-state index contributed by atoms with van der Waals surface area (Å²) in [5.41, 5.74) is -0.112. The lowest BCUT2D eigenvalue weighted by atomic mass is 10.1. The number of para-hydroxylation sites is 1. The number of carbonyl (C=O) groups is 1. The van der Waals surface area contributed by atoms with Crippen LogP contribution in [-0.2, 0) is 9.53 Å². The van der Waals surface area contributed by atoms with Crippen LogP contribution in [-0.4, -0.2) is 30.6 Å². The Bertz CT molecular complexity index is 605. The maximum Gasteiger partial charge on any atom is 0.276 e. The van der Waals surface area contributed by atoms with Gasteiger partial charge in [-0.3, -0.25) is 14.9 Å². The minimum absolute atomic E-state index is 0.153. The Morgan fingerprint density at radius 3 is 2.86 bits per heavy atom. The van der Waals surface area contributed by atoms with Crippen molar-refractivity contribution in [2.75, 3.05) is 19.8 Å². The fraction of sp³-hybridized carbons (Fsp3) is 0.333. The van der Waals surface area contributed by atoms with Crippen LogP contribution in [0.2, 0.25) is 0 Å². The van der Waals surface area contributed by atoms with Gasteiger partial charge in [0, 0.05) is 25.8 Å². The summed E-state index contributed by atoms with van der Waals surface area (Å²) in [5, 5.41) is 22.5. The fourth-order valence-electron chi connectivity index (χ4n) is 1.70. The predicted octanol–water partition coefficient (Wildman–Crippen LogP) is 2.04. The van der Waals surface area contributed by atoms with Crippen molar-refractivity contribution in [1.29, 1.82) is 5.26 Å². The molecule has 0 spiro atoms. The van der Waals surface area contributed by atoms with Gasteiger partial charge in [-0.05, 0) is 25.5 Å². The molecular weight excluding hydrogens is 286 g/mol. The second-order valence-electron chi connectivity index (χ2n) is 4.29. The predicted molar refractivity (Wildman–Crippen MR) is 80.8 cm³/mol. The van der Waals surface area contributed by atoms with E-state index < -0.39 is 10.8 Å². The number of ether oxygens (including phenoxy) is 1. The molecule has 7 nitrogen and oxygen atoms in total. The third-order valence-corrected chi connectivity index (χ3v) is 2.75. The van der Waals surface area contributed by atoms with Gasteiger partial charge >= 0.3 is 0 Å². The summed E-state index contributed by atoms with van der Waals surface area (Å²) in [7, 11) is 0. The highest BCUT2D eigenvalue weighted by atomic mass is 16.6.